The maximum absolute atomic E-state index is 11.8. The first kappa shape index (κ1) is 15.8. The molecule has 0 aliphatic heterocycles. The minimum absolute atomic E-state index is 0.109. The molecule has 0 bridgehead atoms. The average Bonchev–Trinajstić information content (AvgIpc) is 2.29. The van der Waals surface area contributed by atoms with Gasteiger partial charge in [-0.05, 0) is 37.5 Å². The molecule has 0 heterocycles. The van der Waals surface area contributed by atoms with Gasteiger partial charge in [0.05, 0.1) is 5.75 Å². The van der Waals surface area contributed by atoms with Crippen LogP contribution in [-0.4, -0.2) is 20.1 Å². The van der Waals surface area contributed by atoms with Crippen LogP contribution >= 0.6 is 23.2 Å². The summed E-state index contributed by atoms with van der Waals surface area (Å²) in [4.78, 5) is 0. The summed E-state index contributed by atoms with van der Waals surface area (Å²) in [7, 11) is -3.25. The van der Waals surface area contributed by atoms with Gasteiger partial charge < -0.3 is 0 Å². The van der Waals surface area contributed by atoms with Crippen LogP contribution in [0.1, 0.15) is 31.4 Å². The number of hydrogen-bond donors (Lipinski definition) is 1. The topological polar surface area (TPSA) is 46.2 Å². The van der Waals surface area contributed by atoms with Crippen molar-refractivity contribution >= 4 is 33.2 Å². The summed E-state index contributed by atoms with van der Waals surface area (Å²) >= 11 is 11.3. The van der Waals surface area contributed by atoms with E-state index in [-0.39, 0.29) is 11.8 Å². The summed E-state index contributed by atoms with van der Waals surface area (Å²) in [6, 6.07) is 6.86. The molecule has 0 saturated heterocycles. The van der Waals surface area contributed by atoms with Crippen LogP contribution < -0.4 is 4.72 Å². The largest absolute Gasteiger partial charge is 0.212 e. The Morgan fingerprint density at radius 3 is 2.39 bits per heavy atom. The molecule has 0 aromatic heterocycles. The number of alkyl halides is 1. The zero-order valence-electron chi connectivity index (χ0n) is 10.2. The predicted octanol–water partition coefficient (Wildman–Crippen LogP) is 3.34. The number of nitrogens with one attached hydrogen (secondary N) is 1. The summed E-state index contributed by atoms with van der Waals surface area (Å²) in [5.74, 6) is 0.597. The molecular formula is C12H17Cl2NO2S. The molecule has 1 atom stereocenters. The highest BCUT2D eigenvalue weighted by molar-refractivity contribution is 7.89. The monoisotopic (exact) mass is 309 g/mol. The third-order valence-electron chi connectivity index (χ3n) is 2.52. The Labute approximate surface area is 119 Å². The quantitative estimate of drug-likeness (QED) is 0.620. The van der Waals surface area contributed by atoms with Crippen LogP contribution in [0.25, 0.3) is 0 Å². The third kappa shape index (κ3) is 5.57. The van der Waals surface area contributed by atoms with E-state index >= 15 is 0 Å². The van der Waals surface area contributed by atoms with Gasteiger partial charge in [0.15, 0.2) is 0 Å². The fraction of sp³-hybridized carbons (Fsp3) is 0.500. The first-order valence-electron chi connectivity index (χ1n) is 5.76. The third-order valence-corrected chi connectivity index (χ3v) is 4.58. The maximum atomic E-state index is 11.8. The van der Waals surface area contributed by atoms with Crippen molar-refractivity contribution in [1.29, 1.82) is 0 Å². The molecule has 0 spiro atoms. The summed E-state index contributed by atoms with van der Waals surface area (Å²) < 4.78 is 26.2. The first-order valence-corrected chi connectivity index (χ1v) is 8.32. The molecular weight excluding hydrogens is 293 g/mol. The predicted molar refractivity (Wildman–Crippen MR) is 76.7 cm³/mol. The van der Waals surface area contributed by atoms with E-state index in [1.165, 1.54) is 0 Å². The van der Waals surface area contributed by atoms with Gasteiger partial charge in [0.25, 0.3) is 0 Å². The molecule has 0 fully saturated rings. The Morgan fingerprint density at radius 2 is 1.83 bits per heavy atom. The molecule has 1 aromatic rings. The van der Waals surface area contributed by atoms with Crippen molar-refractivity contribution in [3.05, 3.63) is 34.9 Å². The number of rotatable bonds is 7. The van der Waals surface area contributed by atoms with E-state index in [0.29, 0.717) is 23.7 Å². The van der Waals surface area contributed by atoms with E-state index in [4.69, 9.17) is 23.2 Å². The van der Waals surface area contributed by atoms with E-state index in [9.17, 15) is 8.42 Å². The Balaban J connectivity index is 2.58. The highest BCUT2D eigenvalue weighted by atomic mass is 35.5. The lowest BCUT2D eigenvalue weighted by atomic mass is 10.1. The van der Waals surface area contributed by atoms with Gasteiger partial charge in [-0.1, -0.05) is 23.7 Å². The van der Waals surface area contributed by atoms with Crippen LogP contribution in [0.2, 0.25) is 5.02 Å². The lowest BCUT2D eigenvalue weighted by Crippen LogP contribution is -2.29. The number of sulfonamides is 1. The Bertz CT molecular complexity index is 459. The molecule has 3 nitrogen and oxygen atoms in total. The number of hydrogen-bond acceptors (Lipinski definition) is 2. The molecule has 1 rings (SSSR count). The van der Waals surface area contributed by atoms with Crippen molar-refractivity contribution in [3.63, 3.8) is 0 Å². The van der Waals surface area contributed by atoms with Crippen LogP contribution in [0.5, 0.6) is 0 Å². The highest BCUT2D eigenvalue weighted by Gasteiger charge is 2.15. The van der Waals surface area contributed by atoms with Crippen molar-refractivity contribution < 1.29 is 8.42 Å². The van der Waals surface area contributed by atoms with Gasteiger partial charge in [0.1, 0.15) is 0 Å². The van der Waals surface area contributed by atoms with Gasteiger partial charge in [-0.3, -0.25) is 0 Å². The van der Waals surface area contributed by atoms with Gasteiger partial charge >= 0.3 is 0 Å². The Kier molecular flexibility index (Phi) is 6.43. The molecule has 102 valence electrons. The van der Waals surface area contributed by atoms with Gasteiger partial charge in [-0.25, -0.2) is 13.1 Å². The number of halogens is 2. The first-order chi connectivity index (χ1) is 8.44. The summed E-state index contributed by atoms with van der Waals surface area (Å²) in [5, 5.41) is 0.635. The molecule has 6 heteroatoms. The van der Waals surface area contributed by atoms with Gasteiger partial charge in [-0.2, -0.15) is 0 Å². The maximum Gasteiger partial charge on any atom is 0.212 e. The summed E-state index contributed by atoms with van der Waals surface area (Å²) in [5.41, 5.74) is 0.889. The van der Waals surface area contributed by atoms with E-state index in [2.05, 4.69) is 4.72 Å². The fourth-order valence-corrected chi connectivity index (χ4v) is 3.23. The Hall–Kier alpha value is -0.290. The normalized spacial score (nSPS) is 13.5. The molecule has 1 N–H and O–H groups in total. The molecule has 1 unspecified atom stereocenters. The van der Waals surface area contributed by atoms with Gasteiger partial charge in [0.2, 0.25) is 10.0 Å². The summed E-state index contributed by atoms with van der Waals surface area (Å²) in [6.45, 7) is 1.81. The SMILES string of the molecule is CC(NS(=O)(=O)CCCCCl)c1ccc(Cl)cc1. The molecule has 0 amide bonds. The smallest absolute Gasteiger partial charge is 0.212 e. The molecule has 0 saturated carbocycles. The van der Waals surface area contributed by atoms with Crippen molar-refractivity contribution in [2.45, 2.75) is 25.8 Å². The molecule has 0 aliphatic rings. The van der Waals surface area contributed by atoms with E-state index in [1.54, 1.807) is 12.1 Å². The van der Waals surface area contributed by atoms with E-state index in [0.717, 1.165) is 5.56 Å². The van der Waals surface area contributed by atoms with Gasteiger partial charge in [-0.15, -0.1) is 11.6 Å². The second kappa shape index (κ2) is 7.34. The van der Waals surface area contributed by atoms with E-state index in [1.807, 2.05) is 19.1 Å². The standard InChI is InChI=1S/C12H17Cl2NO2S/c1-10(11-4-6-12(14)7-5-11)15-18(16,17)9-3-2-8-13/h4-7,10,15H,2-3,8-9H2,1H3. The molecule has 1 aromatic carbocycles. The fourth-order valence-electron chi connectivity index (χ4n) is 1.53. The van der Waals surface area contributed by atoms with Crippen LogP contribution in [0.3, 0.4) is 0 Å². The lowest BCUT2D eigenvalue weighted by Gasteiger charge is -2.14. The van der Waals surface area contributed by atoms with Crippen LogP contribution in [0, 0.1) is 0 Å². The van der Waals surface area contributed by atoms with Crippen LogP contribution in [0.15, 0.2) is 24.3 Å². The van der Waals surface area contributed by atoms with Crippen molar-refractivity contribution in [1.82, 2.24) is 4.72 Å². The average molecular weight is 310 g/mol. The minimum atomic E-state index is -3.25. The van der Waals surface area contributed by atoms with E-state index < -0.39 is 10.0 Å². The zero-order valence-corrected chi connectivity index (χ0v) is 12.5. The lowest BCUT2D eigenvalue weighted by molar-refractivity contribution is 0.564. The zero-order chi connectivity index (χ0) is 13.6. The highest BCUT2D eigenvalue weighted by Crippen LogP contribution is 2.17. The Morgan fingerprint density at radius 1 is 1.22 bits per heavy atom. The van der Waals surface area contributed by atoms with Crippen molar-refractivity contribution in [2.75, 3.05) is 11.6 Å². The molecule has 18 heavy (non-hydrogen) atoms. The second-order valence-electron chi connectivity index (χ2n) is 4.11. The van der Waals surface area contributed by atoms with Gasteiger partial charge in [0, 0.05) is 16.9 Å². The van der Waals surface area contributed by atoms with Crippen LogP contribution in [0.4, 0.5) is 0 Å². The second-order valence-corrected chi connectivity index (χ2v) is 6.79. The van der Waals surface area contributed by atoms with Crippen molar-refractivity contribution in [2.24, 2.45) is 0 Å². The van der Waals surface area contributed by atoms with Crippen molar-refractivity contribution in [3.8, 4) is 0 Å². The molecule has 0 aliphatic carbocycles. The van der Waals surface area contributed by atoms with Crippen LogP contribution in [-0.2, 0) is 10.0 Å². The number of unbranched alkanes of at least 4 members (excludes halogenated alkanes) is 1. The summed E-state index contributed by atoms with van der Waals surface area (Å²) in [6.07, 6.45) is 1.28. The molecule has 0 radical (unpaired) electrons. The number of benzene rings is 1. The minimum Gasteiger partial charge on any atom is -0.212 e.